The third-order valence-electron chi connectivity index (χ3n) is 7.84. The number of hydrogen-bond donors (Lipinski definition) is 0. The molecule has 6 rings (SSSR count). The van der Waals surface area contributed by atoms with Crippen LogP contribution < -0.4 is 18.9 Å². The van der Waals surface area contributed by atoms with Crippen LogP contribution in [0.1, 0.15) is 68.9 Å². The molecule has 0 spiro atoms. The maximum absolute atomic E-state index is 2.23. The zero-order valence-electron chi connectivity index (χ0n) is 17.0. The molecule has 2 aromatic rings. The van der Waals surface area contributed by atoms with Gasteiger partial charge in [-0.3, -0.25) is 0 Å². The van der Waals surface area contributed by atoms with Crippen LogP contribution in [0.2, 0.25) is 0 Å². The first kappa shape index (κ1) is 19.4. The first-order valence-electron chi connectivity index (χ1n) is 11.1. The van der Waals surface area contributed by atoms with Crippen molar-refractivity contribution in [3.05, 3.63) is 53.6 Å². The minimum Gasteiger partial charge on any atom is -0.0795 e. The zero-order valence-corrected chi connectivity index (χ0v) is 17.0. The van der Waals surface area contributed by atoms with Gasteiger partial charge < -0.3 is 0 Å². The molecule has 0 aromatic heterocycles. The molecule has 4 aliphatic rings. The Morgan fingerprint density at radius 3 is 2.22 bits per heavy atom. The van der Waals surface area contributed by atoms with Crippen LogP contribution in [-0.4, -0.2) is 0 Å². The second kappa shape index (κ2) is 8.59. The fraction of sp³-hybridized carbons (Fsp3) is 0.538. The third kappa shape index (κ3) is 3.81. The normalized spacial score (nSPS) is 30.5. The summed E-state index contributed by atoms with van der Waals surface area (Å²) in [6.07, 6.45) is 19.7. The molecule has 27 heavy (non-hydrogen) atoms. The minimum atomic E-state index is 0. The van der Waals surface area contributed by atoms with Gasteiger partial charge in [-0.15, -0.1) is 0 Å². The second-order valence-corrected chi connectivity index (χ2v) is 9.10. The number of benzene rings is 2. The Hall–Kier alpha value is -0.963. The first-order valence-corrected chi connectivity index (χ1v) is 11.1. The molecule has 1 heteroatoms. The Balaban J connectivity index is 0.000000129. The van der Waals surface area contributed by atoms with Gasteiger partial charge in [0.05, 0.1) is 0 Å². The SMILES string of the molecule is C1=Cc2ccc3ccccc3c2C1.C1CCC2C(C1)CCC1CCCC12.[Li+]. The number of allylic oxidation sites excluding steroid dienone is 1. The Morgan fingerprint density at radius 2 is 1.37 bits per heavy atom. The van der Waals surface area contributed by atoms with Crippen molar-refractivity contribution in [3.63, 3.8) is 0 Å². The Kier molecular flexibility index (Phi) is 6.16. The first-order chi connectivity index (χ1) is 12.9. The second-order valence-electron chi connectivity index (χ2n) is 9.10. The zero-order chi connectivity index (χ0) is 17.3. The number of rotatable bonds is 0. The van der Waals surface area contributed by atoms with Crippen LogP contribution in [0.5, 0.6) is 0 Å². The molecule has 0 N–H and O–H groups in total. The van der Waals surface area contributed by atoms with Crippen LogP contribution in [0.3, 0.4) is 0 Å². The van der Waals surface area contributed by atoms with E-state index in [1.165, 1.54) is 39.7 Å². The van der Waals surface area contributed by atoms with Crippen LogP contribution in [0.4, 0.5) is 0 Å². The van der Waals surface area contributed by atoms with Crippen molar-refractivity contribution in [2.45, 2.75) is 64.2 Å². The van der Waals surface area contributed by atoms with Gasteiger partial charge in [-0.2, -0.15) is 0 Å². The summed E-state index contributed by atoms with van der Waals surface area (Å²) < 4.78 is 0. The topological polar surface area (TPSA) is 0 Å². The van der Waals surface area contributed by atoms with Crippen molar-refractivity contribution in [1.82, 2.24) is 0 Å². The Labute approximate surface area is 177 Å². The van der Waals surface area contributed by atoms with Crippen LogP contribution in [0.25, 0.3) is 16.8 Å². The van der Waals surface area contributed by atoms with E-state index < -0.39 is 0 Å². The van der Waals surface area contributed by atoms with Gasteiger partial charge in [0.2, 0.25) is 0 Å². The van der Waals surface area contributed by atoms with Gasteiger partial charge in [-0.05, 0) is 77.7 Å². The van der Waals surface area contributed by atoms with Gasteiger partial charge >= 0.3 is 18.9 Å². The standard InChI is InChI=1S/C13H22.C13H10.Li/c2*1-2-6-12-10(4-1)8-9-11-5-3-7-13(11)12;/h10-13H,1-9H2;1-6,8-9H,7H2;/q;;+1. The van der Waals surface area contributed by atoms with Crippen molar-refractivity contribution in [3.8, 4) is 0 Å². The summed E-state index contributed by atoms with van der Waals surface area (Å²) in [7, 11) is 0. The smallest absolute Gasteiger partial charge is 0.0795 e. The molecule has 4 atom stereocenters. The van der Waals surface area contributed by atoms with Crippen LogP contribution in [0, 0.1) is 23.7 Å². The molecule has 4 unspecified atom stereocenters. The van der Waals surface area contributed by atoms with E-state index in [0.29, 0.717) is 0 Å². The third-order valence-corrected chi connectivity index (χ3v) is 7.84. The summed E-state index contributed by atoms with van der Waals surface area (Å²) in [6.45, 7) is 0. The average Bonchev–Trinajstić information content (AvgIpc) is 3.38. The van der Waals surface area contributed by atoms with Crippen molar-refractivity contribution in [1.29, 1.82) is 0 Å². The minimum absolute atomic E-state index is 0. The van der Waals surface area contributed by atoms with Gasteiger partial charge in [-0.1, -0.05) is 80.7 Å². The predicted octanol–water partition coefficient (Wildman–Crippen LogP) is 4.42. The van der Waals surface area contributed by atoms with E-state index in [2.05, 4.69) is 48.6 Å². The maximum atomic E-state index is 2.23. The molecule has 0 heterocycles. The molecule has 0 aliphatic heterocycles. The van der Waals surface area contributed by atoms with E-state index in [0.717, 1.165) is 12.3 Å². The summed E-state index contributed by atoms with van der Waals surface area (Å²) in [6, 6.07) is 13.0. The molecule has 0 nitrogen and oxygen atoms in total. The molecule has 0 bridgehead atoms. The monoisotopic (exact) mass is 351 g/mol. The largest absolute Gasteiger partial charge is 1.00 e. The van der Waals surface area contributed by atoms with Gasteiger partial charge in [0.15, 0.2) is 0 Å². The Morgan fingerprint density at radius 1 is 0.667 bits per heavy atom. The summed E-state index contributed by atoms with van der Waals surface area (Å²) in [5, 5.41) is 2.76. The Bertz CT molecular complexity index is 805. The van der Waals surface area contributed by atoms with E-state index >= 15 is 0 Å². The van der Waals surface area contributed by atoms with Gasteiger partial charge in [-0.25, -0.2) is 0 Å². The fourth-order valence-corrected chi connectivity index (χ4v) is 6.61. The molecule has 0 saturated heterocycles. The van der Waals surface area contributed by atoms with Crippen molar-refractivity contribution >= 4 is 16.8 Å². The van der Waals surface area contributed by atoms with E-state index in [4.69, 9.17) is 0 Å². The van der Waals surface area contributed by atoms with E-state index in [1.807, 2.05) is 0 Å². The molecule has 136 valence electrons. The molecule has 3 saturated carbocycles. The fourth-order valence-electron chi connectivity index (χ4n) is 6.61. The van der Waals surface area contributed by atoms with Gasteiger partial charge in [0.25, 0.3) is 0 Å². The molecule has 2 aromatic carbocycles. The van der Waals surface area contributed by atoms with Gasteiger partial charge in [0.1, 0.15) is 0 Å². The quantitative estimate of drug-likeness (QED) is 0.617. The molecular weight excluding hydrogens is 319 g/mol. The molecule has 4 aliphatic carbocycles. The van der Waals surface area contributed by atoms with Crippen LogP contribution >= 0.6 is 0 Å². The van der Waals surface area contributed by atoms with Crippen LogP contribution in [0.15, 0.2) is 42.5 Å². The summed E-state index contributed by atoms with van der Waals surface area (Å²) in [5.74, 6) is 4.68. The molecule has 0 amide bonds. The van der Waals surface area contributed by atoms with Crippen molar-refractivity contribution in [2.75, 3.05) is 0 Å². The molecule has 3 fully saturated rings. The summed E-state index contributed by atoms with van der Waals surface area (Å²) >= 11 is 0. The average molecular weight is 351 g/mol. The van der Waals surface area contributed by atoms with E-state index in [-0.39, 0.29) is 18.9 Å². The predicted molar refractivity (Wildman–Crippen MR) is 112 cm³/mol. The van der Waals surface area contributed by atoms with Gasteiger partial charge in [0, 0.05) is 0 Å². The van der Waals surface area contributed by atoms with E-state index in [9.17, 15) is 0 Å². The summed E-state index contributed by atoms with van der Waals surface area (Å²) in [4.78, 5) is 0. The number of fused-ring (bicyclic) bond motifs is 6. The van der Waals surface area contributed by atoms with Crippen molar-refractivity contribution < 1.29 is 18.9 Å². The van der Waals surface area contributed by atoms with E-state index in [1.54, 1.807) is 57.8 Å². The number of hydrogen-bond acceptors (Lipinski definition) is 0. The van der Waals surface area contributed by atoms with Crippen molar-refractivity contribution in [2.24, 2.45) is 23.7 Å². The molecular formula is C26H32Li+. The van der Waals surface area contributed by atoms with Crippen LogP contribution in [-0.2, 0) is 6.42 Å². The maximum Gasteiger partial charge on any atom is 1.00 e. The molecule has 0 radical (unpaired) electrons. The summed E-state index contributed by atoms with van der Waals surface area (Å²) in [5.41, 5.74) is 2.87.